The summed E-state index contributed by atoms with van der Waals surface area (Å²) in [5.74, 6) is -0.397. The minimum Gasteiger partial charge on any atom is -0.351 e. The number of carbonyl (C=O) groups is 3. The van der Waals surface area contributed by atoms with E-state index in [0.717, 1.165) is 17.1 Å². The molecule has 0 aliphatic carbocycles. The van der Waals surface area contributed by atoms with E-state index in [0.29, 0.717) is 6.42 Å². The van der Waals surface area contributed by atoms with Crippen LogP contribution in [0.3, 0.4) is 0 Å². The quantitative estimate of drug-likeness (QED) is 0.429. The molecule has 6 atom stereocenters. The fourth-order valence-corrected chi connectivity index (χ4v) is 6.35. The lowest BCUT2D eigenvalue weighted by atomic mass is 9.78. The molecule has 3 aliphatic heterocycles. The van der Waals surface area contributed by atoms with Crippen molar-refractivity contribution in [2.45, 2.75) is 50.2 Å². The minimum absolute atomic E-state index is 0.00607. The molecule has 3 amide bonds. The number of anilines is 1. The largest absolute Gasteiger partial charge is 0.351 e. The second-order valence-corrected chi connectivity index (χ2v) is 10.5. The van der Waals surface area contributed by atoms with Gasteiger partial charge in [-0.2, -0.15) is 0 Å². The van der Waals surface area contributed by atoms with E-state index in [1.165, 1.54) is 11.0 Å². The maximum atomic E-state index is 12.8. The zero-order valence-electron chi connectivity index (χ0n) is 19.4. The molecule has 2 aromatic rings. The second kappa shape index (κ2) is 9.74. The van der Waals surface area contributed by atoms with Crippen molar-refractivity contribution < 1.29 is 14.4 Å². The molecule has 5 rings (SSSR count). The SMILES string of the molecule is C[C@@H](NC(=O)Cn1cnnn1)[C@H]1C(=O)N2C=C(S[C@@H]3CN[C@H](C(=O)Nc4ccncc4)C3)[C@H](C)[C@H]12. The first-order valence-electron chi connectivity index (χ1n) is 11.6. The molecular formula is C22H27N9O3S. The Kier molecular flexibility index (Phi) is 6.52. The molecule has 2 saturated heterocycles. The van der Waals surface area contributed by atoms with Crippen molar-refractivity contribution in [1.29, 1.82) is 0 Å². The van der Waals surface area contributed by atoms with E-state index in [1.807, 2.05) is 13.1 Å². The van der Waals surface area contributed by atoms with Gasteiger partial charge >= 0.3 is 0 Å². The van der Waals surface area contributed by atoms with E-state index in [-0.39, 0.29) is 59.5 Å². The van der Waals surface area contributed by atoms with Crippen LogP contribution in [0.1, 0.15) is 20.3 Å². The summed E-state index contributed by atoms with van der Waals surface area (Å²) in [4.78, 5) is 44.7. The van der Waals surface area contributed by atoms with Gasteiger partial charge in [-0.3, -0.25) is 19.4 Å². The van der Waals surface area contributed by atoms with Gasteiger partial charge in [0.1, 0.15) is 12.9 Å². The Morgan fingerprint density at radius 2 is 2.11 bits per heavy atom. The molecule has 3 aliphatic rings. The van der Waals surface area contributed by atoms with E-state index < -0.39 is 0 Å². The predicted octanol–water partition coefficient (Wildman–Crippen LogP) is -0.00670. The summed E-state index contributed by atoms with van der Waals surface area (Å²) in [6, 6.07) is 2.98. The third-order valence-electron chi connectivity index (χ3n) is 6.74. The second-order valence-electron chi connectivity index (χ2n) is 9.11. The normalized spacial score (nSPS) is 28.2. The van der Waals surface area contributed by atoms with Gasteiger partial charge in [-0.15, -0.1) is 16.9 Å². The first-order chi connectivity index (χ1) is 16.9. The van der Waals surface area contributed by atoms with Crippen LogP contribution >= 0.6 is 11.8 Å². The fourth-order valence-electron chi connectivity index (χ4n) is 4.97. The van der Waals surface area contributed by atoms with Crippen molar-refractivity contribution in [1.82, 2.24) is 40.7 Å². The number of pyridine rings is 1. The third-order valence-corrected chi connectivity index (χ3v) is 8.18. The summed E-state index contributed by atoms with van der Waals surface area (Å²) in [7, 11) is 0. The number of thioether (sulfide) groups is 1. The van der Waals surface area contributed by atoms with Crippen molar-refractivity contribution in [2.75, 3.05) is 11.9 Å². The van der Waals surface area contributed by atoms with Crippen molar-refractivity contribution in [2.24, 2.45) is 11.8 Å². The molecule has 2 aromatic heterocycles. The number of nitrogens with zero attached hydrogens (tertiary/aromatic N) is 6. The molecule has 0 radical (unpaired) electrons. The van der Waals surface area contributed by atoms with E-state index >= 15 is 0 Å². The third kappa shape index (κ3) is 4.78. The highest BCUT2D eigenvalue weighted by molar-refractivity contribution is 8.03. The van der Waals surface area contributed by atoms with E-state index in [4.69, 9.17) is 0 Å². The van der Waals surface area contributed by atoms with Gasteiger partial charge in [0.25, 0.3) is 0 Å². The molecule has 5 heterocycles. The summed E-state index contributed by atoms with van der Waals surface area (Å²) in [5, 5.41) is 20.1. The topological polar surface area (TPSA) is 147 Å². The van der Waals surface area contributed by atoms with E-state index in [1.54, 1.807) is 41.2 Å². The number of aromatic nitrogens is 5. The van der Waals surface area contributed by atoms with E-state index in [9.17, 15) is 14.4 Å². The summed E-state index contributed by atoms with van der Waals surface area (Å²) in [6.45, 7) is 4.71. The molecular weight excluding hydrogens is 470 g/mol. The highest BCUT2D eigenvalue weighted by Gasteiger charge is 2.55. The smallest absolute Gasteiger partial charge is 0.242 e. The van der Waals surface area contributed by atoms with Gasteiger partial charge in [-0.25, -0.2) is 4.68 Å². The maximum absolute atomic E-state index is 12.8. The Morgan fingerprint density at radius 1 is 1.31 bits per heavy atom. The van der Waals surface area contributed by atoms with Crippen LogP contribution in [0.4, 0.5) is 5.69 Å². The predicted molar refractivity (Wildman–Crippen MR) is 127 cm³/mol. The Hall–Kier alpha value is -3.32. The van der Waals surface area contributed by atoms with Crippen LogP contribution in [0.5, 0.6) is 0 Å². The minimum atomic E-state index is -0.303. The molecule has 2 fully saturated rings. The van der Waals surface area contributed by atoms with Crippen LogP contribution < -0.4 is 16.0 Å². The van der Waals surface area contributed by atoms with Crippen molar-refractivity contribution in [3.05, 3.63) is 42.0 Å². The Balaban J connectivity index is 1.13. The Labute approximate surface area is 206 Å². The van der Waals surface area contributed by atoms with Gasteiger partial charge in [0, 0.05) is 52.9 Å². The van der Waals surface area contributed by atoms with Gasteiger partial charge in [0.15, 0.2) is 0 Å². The molecule has 0 saturated carbocycles. The van der Waals surface area contributed by atoms with Crippen molar-refractivity contribution >= 4 is 35.2 Å². The summed E-state index contributed by atoms with van der Waals surface area (Å²) in [5.41, 5.74) is 0.725. The number of amides is 3. The number of fused-ring (bicyclic) bond motifs is 1. The lowest BCUT2D eigenvalue weighted by Gasteiger charge is -2.46. The number of hydrogen-bond acceptors (Lipinski definition) is 9. The number of rotatable bonds is 8. The number of tetrazole rings is 1. The molecule has 3 N–H and O–H groups in total. The number of carbonyl (C=O) groups excluding carboxylic acids is 3. The highest BCUT2D eigenvalue weighted by Crippen LogP contribution is 2.48. The van der Waals surface area contributed by atoms with Crippen LogP contribution in [-0.2, 0) is 20.9 Å². The van der Waals surface area contributed by atoms with Gasteiger partial charge in [-0.05, 0) is 35.9 Å². The van der Waals surface area contributed by atoms with Crippen LogP contribution in [0.2, 0.25) is 0 Å². The number of β-lactam (4-membered cyclic amide) rings is 1. The molecule has 0 unspecified atom stereocenters. The van der Waals surface area contributed by atoms with Gasteiger partial charge < -0.3 is 20.9 Å². The highest BCUT2D eigenvalue weighted by atomic mass is 32.2. The zero-order valence-corrected chi connectivity index (χ0v) is 20.2. The molecule has 0 aromatic carbocycles. The van der Waals surface area contributed by atoms with Crippen LogP contribution in [-0.4, -0.2) is 77.7 Å². The molecule has 12 nitrogen and oxygen atoms in total. The molecule has 0 spiro atoms. The first-order valence-corrected chi connectivity index (χ1v) is 12.4. The summed E-state index contributed by atoms with van der Waals surface area (Å²) >= 11 is 1.73. The lowest BCUT2D eigenvalue weighted by Crippen LogP contribution is -2.64. The number of nitrogens with one attached hydrogen (secondary N) is 3. The first kappa shape index (κ1) is 23.4. The van der Waals surface area contributed by atoms with Crippen LogP contribution in [0.25, 0.3) is 0 Å². The number of hydrogen-bond donors (Lipinski definition) is 3. The van der Waals surface area contributed by atoms with E-state index in [2.05, 4.69) is 43.4 Å². The zero-order chi connectivity index (χ0) is 24.5. The standard InChI is InChI=1S/C22H27N9O3S/c1-12-17(35-15-7-16(24-8-15)21(33)27-14-3-5-23-6-4-14)9-31-20(12)19(22(31)34)13(2)26-18(32)10-30-11-25-28-29-30/h3-6,9,11-13,15-16,19-20,24H,7-8,10H2,1-2H3,(H,26,32)(H,23,27,33)/t12-,13+,15-,16-,19+,20+/m0/s1. The van der Waals surface area contributed by atoms with Crippen LogP contribution in [0.15, 0.2) is 42.0 Å². The van der Waals surface area contributed by atoms with Crippen molar-refractivity contribution in [3.8, 4) is 0 Å². The average Bonchev–Trinajstić information content (AvgIpc) is 3.56. The Bertz CT molecular complexity index is 1130. The lowest BCUT2D eigenvalue weighted by molar-refractivity contribution is -0.153. The fraction of sp³-hybridized carbons (Fsp3) is 0.500. The molecule has 13 heteroatoms. The summed E-state index contributed by atoms with van der Waals surface area (Å²) < 4.78 is 1.34. The molecule has 0 bridgehead atoms. The Morgan fingerprint density at radius 3 is 2.86 bits per heavy atom. The monoisotopic (exact) mass is 497 g/mol. The van der Waals surface area contributed by atoms with Gasteiger partial charge in [-0.1, -0.05) is 6.92 Å². The van der Waals surface area contributed by atoms with Gasteiger partial charge in [0.05, 0.1) is 18.0 Å². The molecule has 184 valence electrons. The maximum Gasteiger partial charge on any atom is 0.242 e. The molecule has 35 heavy (non-hydrogen) atoms. The average molecular weight is 498 g/mol. The van der Waals surface area contributed by atoms with Crippen molar-refractivity contribution in [3.63, 3.8) is 0 Å². The summed E-state index contributed by atoms with van der Waals surface area (Å²) in [6.07, 6.45) is 7.31. The van der Waals surface area contributed by atoms with Crippen LogP contribution in [0, 0.1) is 11.8 Å². The van der Waals surface area contributed by atoms with Gasteiger partial charge in [0.2, 0.25) is 17.7 Å².